The number of rotatable bonds is 7. The Balaban J connectivity index is 2.84. The molecule has 1 atom stereocenters. The fraction of sp³-hybridized carbons (Fsp3) is 0.533. The summed E-state index contributed by atoms with van der Waals surface area (Å²) in [5, 5.41) is 19.5. The smallest absolute Gasteiger partial charge is 0.118 e. The van der Waals surface area contributed by atoms with Crippen LogP contribution in [0.5, 0.6) is 5.75 Å². The minimum absolute atomic E-state index is 0.128. The van der Waals surface area contributed by atoms with E-state index in [1.165, 1.54) is 0 Å². The van der Waals surface area contributed by atoms with E-state index in [-0.39, 0.29) is 6.42 Å². The number of hydrogen-bond acceptors (Lipinski definition) is 3. The third-order valence-electron chi connectivity index (χ3n) is 3.19. The van der Waals surface area contributed by atoms with Crippen LogP contribution in [0.2, 0.25) is 0 Å². The summed E-state index contributed by atoms with van der Waals surface area (Å²) in [6.07, 6.45) is 3.86. The van der Waals surface area contributed by atoms with Gasteiger partial charge in [-0.3, -0.25) is 0 Å². The van der Waals surface area contributed by atoms with Crippen LogP contribution < -0.4 is 4.74 Å². The van der Waals surface area contributed by atoms with Crippen molar-refractivity contribution in [2.45, 2.75) is 44.6 Å². The molecule has 0 aliphatic carbocycles. The summed E-state index contributed by atoms with van der Waals surface area (Å²) in [6.45, 7) is 2.12. The summed E-state index contributed by atoms with van der Waals surface area (Å²) in [5.74, 6) is 0.756. The number of methoxy groups -OCH3 is 1. The number of nitriles is 1. The Hall–Kier alpha value is -1.53. The Morgan fingerprint density at radius 2 is 1.94 bits per heavy atom. The fourth-order valence-electron chi connectivity index (χ4n) is 2.03. The van der Waals surface area contributed by atoms with E-state index in [0.29, 0.717) is 6.42 Å². The zero-order valence-electron chi connectivity index (χ0n) is 11.1. The van der Waals surface area contributed by atoms with E-state index >= 15 is 0 Å². The second kappa shape index (κ2) is 7.03. The van der Waals surface area contributed by atoms with Gasteiger partial charge in [-0.05, 0) is 24.1 Å². The number of benzene rings is 1. The summed E-state index contributed by atoms with van der Waals surface area (Å²) in [5.41, 5.74) is -0.239. The van der Waals surface area contributed by atoms with E-state index in [9.17, 15) is 5.11 Å². The van der Waals surface area contributed by atoms with E-state index in [0.717, 1.165) is 30.6 Å². The fourth-order valence-corrected chi connectivity index (χ4v) is 2.03. The maximum atomic E-state index is 10.6. The van der Waals surface area contributed by atoms with E-state index in [2.05, 4.69) is 13.0 Å². The lowest BCUT2D eigenvalue weighted by atomic mass is 9.86. The molecule has 98 valence electrons. The zero-order valence-corrected chi connectivity index (χ0v) is 11.1. The summed E-state index contributed by atoms with van der Waals surface area (Å²) in [6, 6.07) is 9.39. The molecule has 18 heavy (non-hydrogen) atoms. The van der Waals surface area contributed by atoms with Gasteiger partial charge in [0.05, 0.1) is 19.6 Å². The molecule has 3 nitrogen and oxygen atoms in total. The van der Waals surface area contributed by atoms with Crippen LogP contribution in [0.25, 0.3) is 0 Å². The molecule has 0 bridgehead atoms. The van der Waals surface area contributed by atoms with Gasteiger partial charge >= 0.3 is 0 Å². The lowest BCUT2D eigenvalue weighted by molar-refractivity contribution is 0.0295. The number of aliphatic hydroxyl groups is 1. The van der Waals surface area contributed by atoms with Crippen LogP contribution >= 0.6 is 0 Å². The van der Waals surface area contributed by atoms with Crippen LogP contribution in [-0.2, 0) is 5.60 Å². The van der Waals surface area contributed by atoms with E-state index < -0.39 is 5.60 Å². The molecular weight excluding hydrogens is 226 g/mol. The lowest BCUT2D eigenvalue weighted by Crippen LogP contribution is -2.25. The van der Waals surface area contributed by atoms with Crippen molar-refractivity contribution < 1.29 is 9.84 Å². The quantitative estimate of drug-likeness (QED) is 0.751. The molecule has 0 radical (unpaired) electrons. The molecule has 0 spiro atoms. The van der Waals surface area contributed by atoms with Gasteiger partial charge in [0, 0.05) is 0 Å². The van der Waals surface area contributed by atoms with Crippen LogP contribution in [0.3, 0.4) is 0 Å². The zero-order chi connectivity index (χ0) is 13.4. The molecule has 0 aliphatic heterocycles. The van der Waals surface area contributed by atoms with Gasteiger partial charge in [0.15, 0.2) is 0 Å². The average molecular weight is 247 g/mol. The molecule has 1 aromatic rings. The molecule has 0 aliphatic rings. The van der Waals surface area contributed by atoms with Crippen molar-refractivity contribution in [3.8, 4) is 11.8 Å². The van der Waals surface area contributed by atoms with Gasteiger partial charge in [0.2, 0.25) is 0 Å². The molecule has 1 rings (SSSR count). The molecule has 0 heterocycles. The highest BCUT2D eigenvalue weighted by Crippen LogP contribution is 2.31. The minimum atomic E-state index is -1.03. The first kappa shape index (κ1) is 14.5. The molecular formula is C15H21NO2. The minimum Gasteiger partial charge on any atom is -0.497 e. The maximum Gasteiger partial charge on any atom is 0.118 e. The Kier molecular flexibility index (Phi) is 5.67. The molecule has 0 saturated heterocycles. The third-order valence-corrected chi connectivity index (χ3v) is 3.19. The standard InChI is InChI=1S/C15H21NO2/c1-3-4-5-10-15(17,11-12-16)13-6-8-14(18-2)9-7-13/h6-9,17H,3-5,10-11H2,1-2H3/t15-/m0/s1. The van der Waals surface area contributed by atoms with E-state index in [1.54, 1.807) is 7.11 Å². The molecule has 0 aromatic heterocycles. The van der Waals surface area contributed by atoms with Crippen LogP contribution in [0.4, 0.5) is 0 Å². The lowest BCUT2D eigenvalue weighted by Gasteiger charge is -2.26. The Morgan fingerprint density at radius 1 is 1.28 bits per heavy atom. The summed E-state index contributed by atoms with van der Waals surface area (Å²) < 4.78 is 5.09. The van der Waals surface area contributed by atoms with Gasteiger partial charge in [-0.15, -0.1) is 0 Å². The van der Waals surface area contributed by atoms with Crippen molar-refractivity contribution in [1.29, 1.82) is 5.26 Å². The first-order valence-corrected chi connectivity index (χ1v) is 6.40. The molecule has 0 saturated carbocycles. The summed E-state index contributed by atoms with van der Waals surface area (Å²) in [7, 11) is 1.61. The molecule has 0 amide bonds. The SMILES string of the molecule is CCCCC[C@](O)(CC#N)c1ccc(OC)cc1. The maximum absolute atomic E-state index is 10.6. The second-order valence-electron chi connectivity index (χ2n) is 4.55. The number of unbranched alkanes of at least 4 members (excludes halogenated alkanes) is 2. The van der Waals surface area contributed by atoms with Crippen molar-refractivity contribution in [2.75, 3.05) is 7.11 Å². The van der Waals surface area contributed by atoms with Crippen molar-refractivity contribution in [2.24, 2.45) is 0 Å². The number of nitrogens with zero attached hydrogens (tertiary/aromatic N) is 1. The normalized spacial score (nSPS) is 13.7. The van der Waals surface area contributed by atoms with Gasteiger partial charge in [0.1, 0.15) is 11.4 Å². The largest absolute Gasteiger partial charge is 0.497 e. The first-order chi connectivity index (χ1) is 8.66. The molecule has 0 unspecified atom stereocenters. The Morgan fingerprint density at radius 3 is 2.44 bits per heavy atom. The molecule has 3 heteroatoms. The summed E-state index contributed by atoms with van der Waals surface area (Å²) in [4.78, 5) is 0. The van der Waals surface area contributed by atoms with Crippen LogP contribution in [0.15, 0.2) is 24.3 Å². The van der Waals surface area contributed by atoms with Gasteiger partial charge in [0.25, 0.3) is 0 Å². The number of ether oxygens (including phenoxy) is 1. The monoisotopic (exact) mass is 247 g/mol. The van der Waals surface area contributed by atoms with Gasteiger partial charge in [-0.1, -0.05) is 38.3 Å². The predicted octanol–water partition coefficient (Wildman–Crippen LogP) is 3.38. The van der Waals surface area contributed by atoms with E-state index in [4.69, 9.17) is 10.00 Å². The van der Waals surface area contributed by atoms with Crippen molar-refractivity contribution in [1.82, 2.24) is 0 Å². The van der Waals surface area contributed by atoms with Crippen LogP contribution in [0, 0.1) is 11.3 Å². The molecule has 1 aromatic carbocycles. The van der Waals surface area contributed by atoms with Crippen molar-refractivity contribution >= 4 is 0 Å². The first-order valence-electron chi connectivity index (χ1n) is 6.40. The van der Waals surface area contributed by atoms with Gasteiger partial charge < -0.3 is 9.84 Å². The Labute approximate surface area is 109 Å². The van der Waals surface area contributed by atoms with Crippen LogP contribution in [0.1, 0.15) is 44.6 Å². The molecule has 1 N–H and O–H groups in total. The third kappa shape index (κ3) is 3.75. The highest BCUT2D eigenvalue weighted by atomic mass is 16.5. The highest BCUT2D eigenvalue weighted by Gasteiger charge is 2.28. The molecule has 0 fully saturated rings. The van der Waals surface area contributed by atoms with E-state index in [1.807, 2.05) is 24.3 Å². The summed E-state index contributed by atoms with van der Waals surface area (Å²) >= 11 is 0. The Bertz CT molecular complexity index is 394. The van der Waals surface area contributed by atoms with Crippen molar-refractivity contribution in [3.05, 3.63) is 29.8 Å². The predicted molar refractivity (Wildman–Crippen MR) is 71.3 cm³/mol. The van der Waals surface area contributed by atoms with Crippen molar-refractivity contribution in [3.63, 3.8) is 0 Å². The average Bonchev–Trinajstić information content (AvgIpc) is 2.39. The topological polar surface area (TPSA) is 53.2 Å². The second-order valence-corrected chi connectivity index (χ2v) is 4.55. The van der Waals surface area contributed by atoms with Gasteiger partial charge in [-0.2, -0.15) is 5.26 Å². The van der Waals surface area contributed by atoms with Gasteiger partial charge in [-0.25, -0.2) is 0 Å². The van der Waals surface area contributed by atoms with Crippen LogP contribution in [-0.4, -0.2) is 12.2 Å². The number of hydrogen-bond donors (Lipinski definition) is 1. The highest BCUT2D eigenvalue weighted by molar-refractivity contribution is 5.31.